The third kappa shape index (κ3) is 4.08. The van der Waals surface area contributed by atoms with Crippen molar-refractivity contribution >= 4 is 24.2 Å². The van der Waals surface area contributed by atoms with Crippen LogP contribution in [0.25, 0.3) is 0 Å². The van der Waals surface area contributed by atoms with Crippen LogP contribution in [0.1, 0.15) is 33.1 Å². The lowest BCUT2D eigenvalue weighted by Crippen LogP contribution is -2.48. The molecule has 0 spiro atoms. The average Bonchev–Trinajstić information content (AvgIpc) is 2.70. The van der Waals surface area contributed by atoms with E-state index < -0.39 is 0 Å². The fraction of sp³-hybridized carbons (Fsp3) is 0.846. The molecule has 110 valence electrons. The van der Waals surface area contributed by atoms with Gasteiger partial charge in [-0.3, -0.25) is 9.59 Å². The number of amides is 2. The minimum absolute atomic E-state index is 0. The normalized spacial score (nSPS) is 30.9. The summed E-state index contributed by atoms with van der Waals surface area (Å²) in [4.78, 5) is 25.5. The molecule has 5 nitrogen and oxygen atoms in total. The summed E-state index contributed by atoms with van der Waals surface area (Å²) < 4.78 is 0. The van der Waals surface area contributed by atoms with Gasteiger partial charge in [0.15, 0.2) is 0 Å². The van der Waals surface area contributed by atoms with Crippen molar-refractivity contribution in [2.45, 2.75) is 45.2 Å². The molecule has 0 saturated carbocycles. The van der Waals surface area contributed by atoms with Crippen LogP contribution in [-0.4, -0.2) is 48.4 Å². The molecule has 0 aromatic carbocycles. The summed E-state index contributed by atoms with van der Waals surface area (Å²) in [6, 6.07) is 0.723. The maximum absolute atomic E-state index is 12.1. The van der Waals surface area contributed by atoms with E-state index in [2.05, 4.69) is 17.6 Å². The highest BCUT2D eigenvalue weighted by atomic mass is 35.5. The molecule has 2 heterocycles. The number of rotatable bonds is 3. The Morgan fingerprint density at radius 1 is 1.53 bits per heavy atom. The number of piperidine rings is 1. The zero-order chi connectivity index (χ0) is 13.1. The van der Waals surface area contributed by atoms with Gasteiger partial charge in [-0.2, -0.15) is 0 Å². The second-order valence-corrected chi connectivity index (χ2v) is 5.42. The minimum Gasteiger partial charge on any atom is -0.353 e. The molecule has 0 aromatic rings. The van der Waals surface area contributed by atoms with E-state index in [0.29, 0.717) is 25.6 Å². The Balaban J connectivity index is 0.00000180. The van der Waals surface area contributed by atoms with Crippen molar-refractivity contribution in [2.75, 3.05) is 19.6 Å². The summed E-state index contributed by atoms with van der Waals surface area (Å²) in [5.74, 6) is 0.0115. The van der Waals surface area contributed by atoms with Gasteiger partial charge in [-0.25, -0.2) is 0 Å². The first-order chi connectivity index (χ1) is 8.60. The summed E-state index contributed by atoms with van der Waals surface area (Å²) in [6.07, 6.45) is 2.33. The maximum Gasteiger partial charge on any atom is 0.225 e. The lowest BCUT2D eigenvalue weighted by Gasteiger charge is -2.29. The SMILES string of the molecule is CCN1CC(C(=O)NC2CCNC(C)C2)CC1=O.Cl. The molecular formula is C13H24ClN3O2. The Hall–Kier alpha value is -0.810. The zero-order valence-electron chi connectivity index (χ0n) is 11.6. The highest BCUT2D eigenvalue weighted by molar-refractivity contribution is 5.89. The van der Waals surface area contributed by atoms with Gasteiger partial charge in [-0.1, -0.05) is 0 Å². The van der Waals surface area contributed by atoms with Crippen molar-refractivity contribution in [3.05, 3.63) is 0 Å². The van der Waals surface area contributed by atoms with Crippen molar-refractivity contribution in [3.8, 4) is 0 Å². The van der Waals surface area contributed by atoms with Gasteiger partial charge in [-0.15, -0.1) is 12.4 Å². The topological polar surface area (TPSA) is 61.4 Å². The predicted molar refractivity (Wildman–Crippen MR) is 76.2 cm³/mol. The predicted octanol–water partition coefficient (Wildman–Crippen LogP) is 0.533. The van der Waals surface area contributed by atoms with Crippen LogP contribution in [0.5, 0.6) is 0 Å². The largest absolute Gasteiger partial charge is 0.353 e. The molecule has 0 bridgehead atoms. The fourth-order valence-electron chi connectivity index (χ4n) is 2.84. The van der Waals surface area contributed by atoms with Crippen molar-refractivity contribution < 1.29 is 9.59 Å². The Morgan fingerprint density at radius 2 is 2.26 bits per heavy atom. The summed E-state index contributed by atoms with van der Waals surface area (Å²) in [5, 5.41) is 6.46. The molecule has 0 aromatic heterocycles. The lowest BCUT2D eigenvalue weighted by molar-refractivity contribution is -0.129. The zero-order valence-corrected chi connectivity index (χ0v) is 12.5. The first-order valence-electron chi connectivity index (χ1n) is 6.91. The summed E-state index contributed by atoms with van der Waals surface area (Å²) in [7, 11) is 0. The standard InChI is InChI=1S/C13H23N3O2.ClH/c1-3-16-8-10(7-12(16)17)13(18)15-11-4-5-14-9(2)6-11;/h9-11,14H,3-8H2,1-2H3,(H,15,18);1H. The van der Waals surface area contributed by atoms with Gasteiger partial charge in [0.1, 0.15) is 0 Å². The number of likely N-dealkylation sites (tertiary alicyclic amines) is 1. The van der Waals surface area contributed by atoms with Crippen molar-refractivity contribution in [3.63, 3.8) is 0 Å². The first-order valence-corrected chi connectivity index (χ1v) is 6.91. The molecule has 2 aliphatic heterocycles. The Kier molecular flexibility index (Phi) is 6.07. The molecule has 3 atom stereocenters. The third-order valence-corrected chi connectivity index (χ3v) is 3.94. The molecule has 0 aliphatic carbocycles. The van der Waals surface area contributed by atoms with E-state index in [9.17, 15) is 9.59 Å². The van der Waals surface area contributed by atoms with Gasteiger partial charge in [0.25, 0.3) is 0 Å². The molecule has 6 heteroatoms. The maximum atomic E-state index is 12.1. The number of nitrogens with one attached hydrogen (secondary N) is 2. The second kappa shape index (κ2) is 7.10. The van der Waals surface area contributed by atoms with Crippen LogP contribution in [0.2, 0.25) is 0 Å². The van der Waals surface area contributed by atoms with Crippen molar-refractivity contribution in [2.24, 2.45) is 5.92 Å². The van der Waals surface area contributed by atoms with E-state index in [1.54, 1.807) is 4.90 Å². The average molecular weight is 290 g/mol. The summed E-state index contributed by atoms with van der Waals surface area (Å²) in [5.41, 5.74) is 0. The number of halogens is 1. The Bertz CT molecular complexity index is 338. The highest BCUT2D eigenvalue weighted by Gasteiger charge is 2.34. The van der Waals surface area contributed by atoms with E-state index in [4.69, 9.17) is 0 Å². The molecule has 2 saturated heterocycles. The summed E-state index contributed by atoms with van der Waals surface area (Å²) >= 11 is 0. The molecular weight excluding hydrogens is 266 g/mol. The highest BCUT2D eigenvalue weighted by Crippen LogP contribution is 2.18. The molecule has 0 radical (unpaired) electrons. The molecule has 2 rings (SSSR count). The van der Waals surface area contributed by atoms with Crippen LogP contribution in [-0.2, 0) is 9.59 Å². The van der Waals surface area contributed by atoms with Crippen molar-refractivity contribution in [1.82, 2.24) is 15.5 Å². The first kappa shape index (κ1) is 16.2. The number of nitrogens with zero attached hydrogens (tertiary/aromatic N) is 1. The smallest absolute Gasteiger partial charge is 0.225 e. The third-order valence-electron chi connectivity index (χ3n) is 3.94. The molecule has 2 amide bonds. The van der Waals surface area contributed by atoms with E-state index in [-0.39, 0.29) is 36.2 Å². The van der Waals surface area contributed by atoms with Crippen LogP contribution >= 0.6 is 12.4 Å². The minimum atomic E-state index is -0.150. The molecule has 2 aliphatic rings. The van der Waals surface area contributed by atoms with Crippen LogP contribution in [0, 0.1) is 5.92 Å². The lowest BCUT2D eigenvalue weighted by atomic mass is 9.99. The van der Waals surface area contributed by atoms with E-state index in [1.807, 2.05) is 6.92 Å². The Labute approximate surface area is 120 Å². The quantitative estimate of drug-likeness (QED) is 0.797. The number of carbonyl (C=O) groups is 2. The molecule has 3 unspecified atom stereocenters. The van der Waals surface area contributed by atoms with Crippen LogP contribution in [0.15, 0.2) is 0 Å². The molecule has 2 fully saturated rings. The monoisotopic (exact) mass is 289 g/mol. The van der Waals surface area contributed by atoms with Crippen molar-refractivity contribution in [1.29, 1.82) is 0 Å². The van der Waals surface area contributed by atoms with E-state index in [1.165, 1.54) is 0 Å². The Morgan fingerprint density at radius 3 is 2.84 bits per heavy atom. The van der Waals surface area contributed by atoms with Gasteiger partial charge < -0.3 is 15.5 Å². The number of carbonyl (C=O) groups excluding carboxylic acids is 2. The second-order valence-electron chi connectivity index (χ2n) is 5.42. The van der Waals surface area contributed by atoms with Gasteiger partial charge >= 0.3 is 0 Å². The van der Waals surface area contributed by atoms with Gasteiger partial charge in [-0.05, 0) is 33.2 Å². The molecule has 19 heavy (non-hydrogen) atoms. The summed E-state index contributed by atoms with van der Waals surface area (Å²) in [6.45, 7) is 6.33. The van der Waals surface area contributed by atoms with Gasteiger partial charge in [0.2, 0.25) is 11.8 Å². The van der Waals surface area contributed by atoms with E-state index >= 15 is 0 Å². The van der Waals surface area contributed by atoms with Gasteiger partial charge in [0, 0.05) is 31.6 Å². The van der Waals surface area contributed by atoms with Crippen LogP contribution in [0.3, 0.4) is 0 Å². The van der Waals surface area contributed by atoms with Gasteiger partial charge in [0.05, 0.1) is 5.92 Å². The fourth-order valence-corrected chi connectivity index (χ4v) is 2.84. The number of hydrogen-bond acceptors (Lipinski definition) is 3. The number of hydrogen-bond donors (Lipinski definition) is 2. The van der Waals surface area contributed by atoms with Crippen LogP contribution < -0.4 is 10.6 Å². The van der Waals surface area contributed by atoms with Crippen LogP contribution in [0.4, 0.5) is 0 Å². The molecule has 2 N–H and O–H groups in total. The van der Waals surface area contributed by atoms with E-state index in [0.717, 1.165) is 19.4 Å².